The molecule has 0 aliphatic carbocycles. The van der Waals surface area contributed by atoms with E-state index in [1.54, 1.807) is 12.1 Å². The van der Waals surface area contributed by atoms with Gasteiger partial charge in [-0.1, -0.05) is 0 Å². The normalized spacial score (nSPS) is 10.2. The zero-order valence-electron chi connectivity index (χ0n) is 7.25. The summed E-state index contributed by atoms with van der Waals surface area (Å²) in [6, 6.07) is 5.87. The molecule has 7 heteroatoms. The van der Waals surface area contributed by atoms with Crippen LogP contribution in [0, 0.1) is 10.1 Å². The molecule has 0 radical (unpaired) electrons. The van der Waals surface area contributed by atoms with E-state index in [9.17, 15) is 10.1 Å². The molecular weight excluding hydrogens is 266 g/mol. The van der Waals surface area contributed by atoms with Crippen molar-refractivity contribution in [3.63, 3.8) is 0 Å². The number of benzene rings is 1. The molecule has 15 heavy (non-hydrogen) atoms. The number of halogens is 1. The Morgan fingerprint density at radius 3 is 2.47 bits per heavy atom. The Labute approximate surface area is 92.2 Å². The van der Waals surface area contributed by atoms with Crippen LogP contribution >= 0.6 is 15.9 Å². The maximum absolute atomic E-state index is 10.4. The second kappa shape index (κ2) is 3.77. The van der Waals surface area contributed by atoms with E-state index in [0.717, 1.165) is 0 Å². The van der Waals surface area contributed by atoms with E-state index in [2.05, 4.69) is 26.1 Å². The molecule has 0 fully saturated rings. The second-order valence-electron chi connectivity index (χ2n) is 2.67. The Morgan fingerprint density at radius 1 is 1.33 bits per heavy atom. The molecule has 0 aliphatic heterocycles. The highest BCUT2D eigenvalue weighted by molar-refractivity contribution is 9.10. The van der Waals surface area contributed by atoms with Crippen LogP contribution < -0.4 is 0 Å². The number of non-ortho nitro benzene ring substituents is 1. The molecule has 0 bridgehead atoms. The first-order valence-corrected chi connectivity index (χ1v) is 4.70. The highest BCUT2D eigenvalue weighted by atomic mass is 79.9. The molecule has 0 amide bonds. The molecule has 76 valence electrons. The number of nitrogens with zero attached hydrogens (tertiary/aromatic N) is 3. The van der Waals surface area contributed by atoms with E-state index < -0.39 is 4.92 Å². The Kier molecular flexibility index (Phi) is 2.46. The van der Waals surface area contributed by atoms with Gasteiger partial charge in [-0.2, -0.15) is 4.98 Å². The van der Waals surface area contributed by atoms with E-state index in [0.29, 0.717) is 16.2 Å². The zero-order valence-corrected chi connectivity index (χ0v) is 8.84. The molecular formula is C8H4BrN3O3. The third kappa shape index (κ3) is 2.01. The average molecular weight is 270 g/mol. The monoisotopic (exact) mass is 269 g/mol. The van der Waals surface area contributed by atoms with Gasteiger partial charge in [0.05, 0.1) is 4.92 Å². The van der Waals surface area contributed by atoms with Crippen LogP contribution in [0.4, 0.5) is 5.69 Å². The lowest BCUT2D eigenvalue weighted by Gasteiger charge is -1.93. The topological polar surface area (TPSA) is 82.1 Å². The van der Waals surface area contributed by atoms with E-state index in [-0.39, 0.29) is 5.69 Å². The van der Waals surface area contributed by atoms with Gasteiger partial charge in [-0.25, -0.2) is 0 Å². The smallest absolute Gasteiger partial charge is 0.269 e. The van der Waals surface area contributed by atoms with Crippen LogP contribution in [0.5, 0.6) is 0 Å². The van der Waals surface area contributed by atoms with Gasteiger partial charge in [-0.05, 0) is 33.2 Å². The molecule has 1 aromatic carbocycles. The minimum absolute atomic E-state index is 0.0253. The molecule has 2 aromatic rings. The maximum Gasteiger partial charge on any atom is 0.269 e. The predicted molar refractivity (Wildman–Crippen MR) is 54.1 cm³/mol. The van der Waals surface area contributed by atoms with E-state index in [4.69, 9.17) is 4.52 Å². The fraction of sp³-hybridized carbons (Fsp3) is 0. The van der Waals surface area contributed by atoms with Crippen LogP contribution in [0.15, 0.2) is 33.5 Å². The minimum Gasteiger partial charge on any atom is -0.333 e. The van der Waals surface area contributed by atoms with Gasteiger partial charge >= 0.3 is 0 Å². The average Bonchev–Trinajstić information content (AvgIpc) is 2.65. The maximum atomic E-state index is 10.4. The molecule has 1 aromatic heterocycles. The van der Waals surface area contributed by atoms with Gasteiger partial charge < -0.3 is 4.52 Å². The van der Waals surface area contributed by atoms with E-state index in [1.165, 1.54) is 12.1 Å². The number of aromatic nitrogens is 2. The van der Waals surface area contributed by atoms with Crippen LogP contribution in [0.25, 0.3) is 11.5 Å². The Balaban J connectivity index is 2.35. The minimum atomic E-state index is -0.465. The SMILES string of the molecule is O=[N+]([O-])c1ccc(-c2nc(Br)no2)cc1. The number of hydrogen-bond donors (Lipinski definition) is 0. The predicted octanol–water partition coefficient (Wildman–Crippen LogP) is 2.41. The summed E-state index contributed by atoms with van der Waals surface area (Å²) in [5.74, 6) is 0.316. The van der Waals surface area contributed by atoms with Crippen molar-refractivity contribution in [2.75, 3.05) is 0 Å². The lowest BCUT2D eigenvalue weighted by Crippen LogP contribution is -1.87. The number of nitro benzene ring substituents is 1. The standard InChI is InChI=1S/C8H4BrN3O3/c9-8-10-7(15-11-8)5-1-3-6(4-2-5)12(13)14/h1-4H. The second-order valence-corrected chi connectivity index (χ2v) is 3.38. The largest absolute Gasteiger partial charge is 0.333 e. The van der Waals surface area contributed by atoms with Gasteiger partial charge in [0.25, 0.3) is 11.6 Å². The molecule has 2 rings (SSSR count). The Morgan fingerprint density at radius 2 is 2.00 bits per heavy atom. The molecule has 0 unspecified atom stereocenters. The molecule has 1 heterocycles. The van der Waals surface area contributed by atoms with Crippen LogP contribution in [0.1, 0.15) is 0 Å². The Hall–Kier alpha value is -1.76. The molecule has 0 saturated carbocycles. The third-order valence-corrected chi connectivity index (χ3v) is 2.05. The highest BCUT2D eigenvalue weighted by Gasteiger charge is 2.09. The van der Waals surface area contributed by atoms with Gasteiger partial charge in [-0.3, -0.25) is 10.1 Å². The summed E-state index contributed by atoms with van der Waals surface area (Å²) < 4.78 is 5.22. The summed E-state index contributed by atoms with van der Waals surface area (Å²) >= 11 is 3.04. The number of nitro groups is 1. The molecule has 0 aliphatic rings. The summed E-state index contributed by atoms with van der Waals surface area (Å²) in [6.45, 7) is 0. The van der Waals surface area contributed by atoms with Crippen LogP contribution in [-0.4, -0.2) is 15.1 Å². The molecule has 0 N–H and O–H groups in total. The lowest BCUT2D eigenvalue weighted by atomic mass is 10.2. The molecule has 6 nitrogen and oxygen atoms in total. The molecule has 0 atom stereocenters. The van der Waals surface area contributed by atoms with Gasteiger partial charge in [0.15, 0.2) is 0 Å². The molecule has 0 spiro atoms. The number of rotatable bonds is 2. The van der Waals surface area contributed by atoms with Gasteiger partial charge in [0.2, 0.25) is 4.73 Å². The fourth-order valence-electron chi connectivity index (χ4n) is 1.05. The summed E-state index contributed by atoms with van der Waals surface area (Å²) in [7, 11) is 0. The highest BCUT2D eigenvalue weighted by Crippen LogP contribution is 2.21. The van der Waals surface area contributed by atoms with Crippen LogP contribution in [0.3, 0.4) is 0 Å². The zero-order chi connectivity index (χ0) is 10.8. The van der Waals surface area contributed by atoms with Crippen molar-refractivity contribution in [1.29, 1.82) is 0 Å². The van der Waals surface area contributed by atoms with Crippen molar-refractivity contribution in [2.45, 2.75) is 0 Å². The first kappa shape index (κ1) is 9.78. The number of hydrogen-bond acceptors (Lipinski definition) is 5. The van der Waals surface area contributed by atoms with Gasteiger partial charge in [0.1, 0.15) is 0 Å². The van der Waals surface area contributed by atoms with Gasteiger partial charge in [0, 0.05) is 17.7 Å². The first-order valence-electron chi connectivity index (χ1n) is 3.91. The first-order chi connectivity index (χ1) is 7.16. The van der Waals surface area contributed by atoms with Crippen molar-refractivity contribution in [3.05, 3.63) is 39.1 Å². The summed E-state index contributed by atoms with van der Waals surface area (Å²) in [5.41, 5.74) is 0.663. The lowest BCUT2D eigenvalue weighted by molar-refractivity contribution is -0.384. The van der Waals surface area contributed by atoms with Gasteiger partial charge in [-0.15, -0.1) is 0 Å². The quantitative estimate of drug-likeness (QED) is 0.618. The molecule has 0 saturated heterocycles. The summed E-state index contributed by atoms with van der Waals surface area (Å²) in [4.78, 5) is 13.9. The fourth-order valence-corrected chi connectivity index (χ4v) is 1.28. The van der Waals surface area contributed by atoms with Crippen molar-refractivity contribution < 1.29 is 9.45 Å². The Bertz CT molecular complexity index is 494. The van der Waals surface area contributed by atoms with Crippen molar-refractivity contribution in [3.8, 4) is 11.5 Å². The van der Waals surface area contributed by atoms with Crippen LogP contribution in [0.2, 0.25) is 0 Å². The van der Waals surface area contributed by atoms with Crippen LogP contribution in [-0.2, 0) is 0 Å². The van der Waals surface area contributed by atoms with Crippen molar-refractivity contribution in [1.82, 2.24) is 10.1 Å². The van der Waals surface area contributed by atoms with E-state index >= 15 is 0 Å². The summed E-state index contributed by atoms with van der Waals surface area (Å²) in [6.07, 6.45) is 0. The summed E-state index contributed by atoms with van der Waals surface area (Å²) in [5, 5.41) is 13.9. The van der Waals surface area contributed by atoms with Crippen molar-refractivity contribution in [2.24, 2.45) is 0 Å². The van der Waals surface area contributed by atoms with Crippen molar-refractivity contribution >= 4 is 21.6 Å². The third-order valence-electron chi connectivity index (χ3n) is 1.73. The van der Waals surface area contributed by atoms with E-state index in [1.807, 2.05) is 0 Å².